The quantitative estimate of drug-likeness (QED) is 0.833. The van der Waals surface area contributed by atoms with Crippen LogP contribution in [0.1, 0.15) is 33.6 Å². The minimum Gasteiger partial charge on any atom is -0.329 e. The third-order valence-corrected chi connectivity index (χ3v) is 8.41. The number of hydrogen-bond acceptors (Lipinski definition) is 5. The summed E-state index contributed by atoms with van der Waals surface area (Å²) in [5.74, 6) is 3.30. The highest BCUT2D eigenvalue weighted by Crippen LogP contribution is 2.47. The number of thioether (sulfide) groups is 1. The molecule has 6 heteroatoms. The standard InChI is InChI=1S/C14H28N2O2S2/c1-4-20(17,18)13-9-19-6-5-16(13)14(10-15)7-12(8-14)11(2)3/h11-13H,4-10,15H2,1-3H3. The molecular weight excluding hydrogens is 292 g/mol. The molecule has 2 rings (SSSR count). The molecule has 0 amide bonds. The minimum atomic E-state index is -3.03. The maximum absolute atomic E-state index is 12.4. The van der Waals surface area contributed by atoms with Gasteiger partial charge in [-0.1, -0.05) is 20.8 Å². The van der Waals surface area contributed by atoms with E-state index >= 15 is 0 Å². The van der Waals surface area contributed by atoms with Gasteiger partial charge in [0.1, 0.15) is 5.37 Å². The minimum absolute atomic E-state index is 0.0666. The maximum Gasteiger partial charge on any atom is 0.166 e. The van der Waals surface area contributed by atoms with Crippen molar-refractivity contribution in [2.75, 3.05) is 30.3 Å². The molecule has 1 atom stereocenters. The van der Waals surface area contributed by atoms with Crippen molar-refractivity contribution in [3.05, 3.63) is 0 Å². The zero-order valence-corrected chi connectivity index (χ0v) is 14.5. The Balaban J connectivity index is 2.19. The number of nitrogens with two attached hydrogens (primary N) is 1. The van der Waals surface area contributed by atoms with Crippen molar-refractivity contribution >= 4 is 21.6 Å². The number of rotatable bonds is 5. The van der Waals surface area contributed by atoms with Gasteiger partial charge in [-0.2, -0.15) is 11.8 Å². The molecule has 0 aromatic heterocycles. The lowest BCUT2D eigenvalue weighted by Crippen LogP contribution is -2.68. The van der Waals surface area contributed by atoms with E-state index in [9.17, 15) is 8.42 Å². The summed E-state index contributed by atoms with van der Waals surface area (Å²) in [6.45, 7) is 7.68. The highest BCUT2D eigenvalue weighted by molar-refractivity contribution is 8.01. The van der Waals surface area contributed by atoms with Crippen LogP contribution in [-0.2, 0) is 9.84 Å². The Morgan fingerprint density at radius 2 is 2.05 bits per heavy atom. The van der Waals surface area contributed by atoms with Crippen molar-refractivity contribution in [1.82, 2.24) is 4.90 Å². The Morgan fingerprint density at radius 3 is 2.55 bits per heavy atom. The first-order valence-corrected chi connectivity index (χ1v) is 10.5. The van der Waals surface area contributed by atoms with Crippen LogP contribution < -0.4 is 5.73 Å². The third-order valence-electron chi connectivity index (χ3n) is 5.12. The fourth-order valence-corrected chi connectivity index (χ4v) is 6.61. The Kier molecular flexibility index (Phi) is 5.10. The second kappa shape index (κ2) is 6.15. The van der Waals surface area contributed by atoms with Gasteiger partial charge in [-0.25, -0.2) is 8.42 Å². The third kappa shape index (κ3) is 2.89. The number of nitrogens with zero attached hydrogens (tertiary/aromatic N) is 1. The molecule has 4 nitrogen and oxygen atoms in total. The van der Waals surface area contributed by atoms with Gasteiger partial charge in [0.05, 0.1) is 0 Å². The smallest absolute Gasteiger partial charge is 0.166 e. The summed E-state index contributed by atoms with van der Waals surface area (Å²) >= 11 is 1.76. The molecule has 118 valence electrons. The topological polar surface area (TPSA) is 63.4 Å². The molecule has 20 heavy (non-hydrogen) atoms. The van der Waals surface area contributed by atoms with Crippen molar-refractivity contribution < 1.29 is 8.42 Å². The molecule has 2 aliphatic rings. The van der Waals surface area contributed by atoms with Crippen LogP contribution >= 0.6 is 11.8 Å². The van der Waals surface area contributed by atoms with E-state index in [1.165, 1.54) is 0 Å². The SMILES string of the molecule is CCS(=O)(=O)C1CSCCN1C1(CN)CC(C(C)C)C1. The highest BCUT2D eigenvalue weighted by Gasteiger charge is 2.52. The molecule has 1 saturated heterocycles. The second-order valence-electron chi connectivity index (χ2n) is 6.52. The van der Waals surface area contributed by atoms with Crippen LogP contribution in [0.2, 0.25) is 0 Å². The van der Waals surface area contributed by atoms with Crippen LogP contribution in [0.4, 0.5) is 0 Å². The lowest BCUT2D eigenvalue weighted by atomic mass is 9.63. The van der Waals surface area contributed by atoms with E-state index in [1.54, 1.807) is 18.7 Å². The Hall–Kier alpha value is 0.220. The van der Waals surface area contributed by atoms with E-state index in [-0.39, 0.29) is 16.7 Å². The molecular formula is C14H28N2O2S2. The summed E-state index contributed by atoms with van der Waals surface area (Å²) < 4.78 is 24.8. The molecule has 2 N–H and O–H groups in total. The summed E-state index contributed by atoms with van der Waals surface area (Å²) in [5.41, 5.74) is 6.00. The summed E-state index contributed by atoms with van der Waals surface area (Å²) in [6, 6.07) is 0. The van der Waals surface area contributed by atoms with Crippen molar-refractivity contribution in [3.63, 3.8) is 0 Å². The molecule has 2 fully saturated rings. The zero-order chi connectivity index (χ0) is 15.0. The summed E-state index contributed by atoms with van der Waals surface area (Å²) in [6.07, 6.45) is 2.11. The van der Waals surface area contributed by atoms with Gasteiger partial charge in [0, 0.05) is 35.9 Å². The summed E-state index contributed by atoms with van der Waals surface area (Å²) in [5, 5.41) is -0.331. The predicted molar refractivity (Wildman–Crippen MR) is 86.6 cm³/mol. The molecule has 0 aromatic rings. The first-order valence-electron chi connectivity index (χ1n) is 7.62. The molecule has 1 saturated carbocycles. The first kappa shape index (κ1) is 16.6. The second-order valence-corrected chi connectivity index (χ2v) is 10.1. The van der Waals surface area contributed by atoms with Gasteiger partial charge in [0.15, 0.2) is 9.84 Å². The van der Waals surface area contributed by atoms with Gasteiger partial charge < -0.3 is 5.73 Å². The molecule has 1 aliphatic heterocycles. The van der Waals surface area contributed by atoms with Crippen LogP contribution in [0.15, 0.2) is 0 Å². The van der Waals surface area contributed by atoms with Crippen LogP contribution in [0.25, 0.3) is 0 Å². The number of hydrogen-bond donors (Lipinski definition) is 1. The summed E-state index contributed by atoms with van der Waals surface area (Å²) in [4.78, 5) is 2.24. The van der Waals surface area contributed by atoms with Crippen molar-refractivity contribution in [3.8, 4) is 0 Å². The van der Waals surface area contributed by atoms with Gasteiger partial charge in [-0.15, -0.1) is 0 Å². The van der Waals surface area contributed by atoms with E-state index in [0.717, 1.165) is 25.1 Å². The Morgan fingerprint density at radius 1 is 1.40 bits per heavy atom. The Bertz CT molecular complexity index is 430. The molecule has 1 aliphatic carbocycles. The normalized spacial score (nSPS) is 36.0. The molecule has 0 spiro atoms. The Labute approximate surface area is 127 Å². The van der Waals surface area contributed by atoms with E-state index in [0.29, 0.717) is 24.1 Å². The lowest BCUT2D eigenvalue weighted by molar-refractivity contribution is -0.0379. The molecule has 0 aromatic carbocycles. The largest absolute Gasteiger partial charge is 0.329 e. The molecule has 1 heterocycles. The summed E-state index contributed by atoms with van der Waals surface area (Å²) in [7, 11) is -3.03. The first-order chi connectivity index (χ1) is 9.36. The van der Waals surface area contributed by atoms with Crippen molar-refractivity contribution in [2.24, 2.45) is 17.6 Å². The average molecular weight is 321 g/mol. The molecule has 0 radical (unpaired) electrons. The van der Waals surface area contributed by atoms with Crippen molar-refractivity contribution in [1.29, 1.82) is 0 Å². The molecule has 1 unspecified atom stereocenters. The number of sulfone groups is 1. The van der Waals surface area contributed by atoms with E-state index in [1.807, 2.05) is 0 Å². The highest BCUT2D eigenvalue weighted by atomic mass is 32.2. The fourth-order valence-electron chi connectivity index (χ4n) is 3.52. The van der Waals surface area contributed by atoms with Gasteiger partial charge in [0.25, 0.3) is 0 Å². The van der Waals surface area contributed by atoms with E-state index in [2.05, 4.69) is 18.7 Å². The van der Waals surface area contributed by atoms with Crippen LogP contribution in [0.3, 0.4) is 0 Å². The van der Waals surface area contributed by atoms with Gasteiger partial charge in [0.2, 0.25) is 0 Å². The average Bonchev–Trinajstić information content (AvgIpc) is 2.38. The van der Waals surface area contributed by atoms with Crippen molar-refractivity contribution in [2.45, 2.75) is 44.5 Å². The van der Waals surface area contributed by atoms with Crippen LogP contribution in [0, 0.1) is 11.8 Å². The van der Waals surface area contributed by atoms with Gasteiger partial charge in [-0.3, -0.25) is 4.90 Å². The predicted octanol–water partition coefficient (Wildman–Crippen LogP) is 1.56. The van der Waals surface area contributed by atoms with E-state index < -0.39 is 9.84 Å². The van der Waals surface area contributed by atoms with Gasteiger partial charge >= 0.3 is 0 Å². The van der Waals surface area contributed by atoms with E-state index in [4.69, 9.17) is 5.73 Å². The molecule has 0 bridgehead atoms. The zero-order valence-electron chi connectivity index (χ0n) is 12.8. The van der Waals surface area contributed by atoms with Gasteiger partial charge in [-0.05, 0) is 24.7 Å². The fraction of sp³-hybridized carbons (Fsp3) is 1.00. The lowest BCUT2D eigenvalue weighted by Gasteiger charge is -2.58. The van der Waals surface area contributed by atoms with Crippen LogP contribution in [-0.4, -0.2) is 54.6 Å². The monoisotopic (exact) mass is 320 g/mol. The van der Waals surface area contributed by atoms with Crippen LogP contribution in [0.5, 0.6) is 0 Å². The maximum atomic E-state index is 12.4.